The van der Waals surface area contributed by atoms with Crippen LogP contribution in [0.15, 0.2) is 36.5 Å². The number of anilines is 4. The number of hydrogen-bond acceptors (Lipinski definition) is 7. The summed E-state index contributed by atoms with van der Waals surface area (Å²) in [4.78, 5) is 24.5. The van der Waals surface area contributed by atoms with Gasteiger partial charge in [-0.3, -0.25) is 9.69 Å². The highest BCUT2D eigenvalue weighted by Crippen LogP contribution is 2.42. The smallest absolute Gasteiger partial charge is 0.378 e. The minimum Gasteiger partial charge on any atom is -0.378 e. The summed E-state index contributed by atoms with van der Waals surface area (Å²) < 4.78 is 51.5. The number of fused-ring (bicyclic) bond motifs is 7. The number of morpholine rings is 2. The molecule has 0 spiro atoms. The predicted octanol–water partition coefficient (Wildman–Crippen LogP) is 4.08. The molecule has 5 saturated heterocycles. The Morgan fingerprint density at radius 2 is 1.90 bits per heavy atom. The van der Waals surface area contributed by atoms with Crippen molar-refractivity contribution in [1.29, 1.82) is 0 Å². The van der Waals surface area contributed by atoms with Gasteiger partial charge >= 0.3 is 6.18 Å². The van der Waals surface area contributed by atoms with Crippen LogP contribution in [0.2, 0.25) is 0 Å². The number of carbonyl (C=O) groups excluding carboxylic acids is 1. The van der Waals surface area contributed by atoms with E-state index >= 15 is 0 Å². The average Bonchev–Trinajstić information content (AvgIpc) is 3.08. The Morgan fingerprint density at radius 3 is 2.59 bits per heavy atom. The zero-order chi connectivity index (χ0) is 26.7. The topological polar surface area (TPSA) is 70.2 Å². The fraction of sp³-hybridized carbons (Fsp3) is 0.571. The number of alkyl halides is 3. The Bertz CT molecular complexity index is 1240. The van der Waals surface area contributed by atoms with Crippen molar-refractivity contribution in [2.75, 3.05) is 48.0 Å². The third-order valence-electron chi connectivity index (χ3n) is 8.91. The van der Waals surface area contributed by atoms with E-state index in [2.05, 4.69) is 27.3 Å². The van der Waals surface area contributed by atoms with Crippen molar-refractivity contribution in [3.05, 3.63) is 42.1 Å². The lowest BCUT2D eigenvalue weighted by Gasteiger charge is -2.48. The van der Waals surface area contributed by atoms with Gasteiger partial charge in [0.15, 0.2) is 0 Å². The van der Waals surface area contributed by atoms with Crippen molar-refractivity contribution in [1.82, 2.24) is 9.88 Å². The summed E-state index contributed by atoms with van der Waals surface area (Å²) >= 11 is 0. The molecular weight excluding hydrogens is 511 g/mol. The first-order valence-corrected chi connectivity index (χ1v) is 13.8. The summed E-state index contributed by atoms with van der Waals surface area (Å²) in [6.07, 6.45) is 0.500. The van der Waals surface area contributed by atoms with Gasteiger partial charge in [-0.05, 0) is 49.9 Å². The minimum absolute atomic E-state index is 0.0565. The summed E-state index contributed by atoms with van der Waals surface area (Å²) in [5, 5.41) is 3.43. The number of pyridine rings is 1. The zero-order valence-corrected chi connectivity index (χ0v) is 21.6. The van der Waals surface area contributed by atoms with E-state index in [-0.39, 0.29) is 31.1 Å². The van der Waals surface area contributed by atoms with Crippen molar-refractivity contribution < 1.29 is 27.4 Å². The molecular formula is C28H32F3N5O3. The predicted molar refractivity (Wildman–Crippen MR) is 139 cm³/mol. The lowest BCUT2D eigenvalue weighted by Crippen LogP contribution is -2.60. The molecule has 6 aliphatic rings. The summed E-state index contributed by atoms with van der Waals surface area (Å²) in [5.41, 5.74) is 3.51. The Balaban J connectivity index is 1.21. The standard InChI is InChI=1S/C28H32F3N5O3/c29-28(30,31)16-36-21-8-18(9-22(36)14-38-13-21)27(37)35-11-17-2-1-7-32-26(17)33-24-6-4-19(10-25(24)35)34-12-23-5-3-20(34)15-39-23/h1-2,4,6-7,10,18,20-23H,3,5,8-9,11-16H2,(H,32,33)/t18?,20?,21-,22+,23-/m1/s1. The van der Waals surface area contributed by atoms with E-state index in [9.17, 15) is 18.0 Å². The lowest BCUT2D eigenvalue weighted by molar-refractivity contribution is -0.184. The highest BCUT2D eigenvalue weighted by molar-refractivity contribution is 6.00. The monoisotopic (exact) mass is 543 g/mol. The van der Waals surface area contributed by atoms with E-state index in [1.165, 1.54) is 4.90 Å². The second-order valence-electron chi connectivity index (χ2n) is 11.4. The molecule has 6 aliphatic heterocycles. The van der Waals surface area contributed by atoms with Crippen LogP contribution in [-0.4, -0.2) is 79.1 Å². The van der Waals surface area contributed by atoms with Crippen LogP contribution in [0, 0.1) is 5.92 Å². The van der Waals surface area contributed by atoms with Gasteiger partial charge in [0.1, 0.15) is 5.82 Å². The largest absolute Gasteiger partial charge is 0.401 e. The number of rotatable bonds is 3. The maximum atomic E-state index is 14.3. The van der Waals surface area contributed by atoms with Crippen LogP contribution in [0.4, 0.5) is 36.1 Å². The molecule has 1 amide bonds. The van der Waals surface area contributed by atoms with Crippen LogP contribution in [-0.2, 0) is 20.8 Å². The van der Waals surface area contributed by atoms with Gasteiger partial charge < -0.3 is 24.6 Å². The number of nitrogens with zero attached hydrogens (tertiary/aromatic N) is 4. The summed E-state index contributed by atoms with van der Waals surface area (Å²) in [6.45, 7) is 1.34. The molecule has 7 heterocycles. The molecule has 39 heavy (non-hydrogen) atoms. The molecule has 208 valence electrons. The van der Waals surface area contributed by atoms with Crippen LogP contribution >= 0.6 is 0 Å². The molecule has 11 heteroatoms. The number of aromatic nitrogens is 1. The Morgan fingerprint density at radius 1 is 1.08 bits per heavy atom. The number of hydrogen-bond donors (Lipinski definition) is 1. The van der Waals surface area contributed by atoms with Gasteiger partial charge in [-0.2, -0.15) is 13.2 Å². The Labute approximate surface area is 225 Å². The van der Waals surface area contributed by atoms with Gasteiger partial charge in [-0.15, -0.1) is 0 Å². The summed E-state index contributed by atoms with van der Waals surface area (Å²) in [6, 6.07) is 9.43. The maximum Gasteiger partial charge on any atom is 0.401 e. The number of piperidine rings is 2. The van der Waals surface area contributed by atoms with Crippen LogP contribution in [0.1, 0.15) is 31.2 Å². The highest BCUT2D eigenvalue weighted by Gasteiger charge is 2.47. The van der Waals surface area contributed by atoms with Gasteiger partial charge in [0.25, 0.3) is 0 Å². The molecule has 8 nitrogen and oxygen atoms in total. The number of amides is 1. The third-order valence-corrected chi connectivity index (χ3v) is 8.91. The Kier molecular flexibility index (Phi) is 6.20. The number of carbonyl (C=O) groups is 1. The van der Waals surface area contributed by atoms with Crippen LogP contribution in [0.3, 0.4) is 0 Å². The molecule has 1 aromatic heterocycles. The molecule has 1 N–H and O–H groups in total. The van der Waals surface area contributed by atoms with E-state index in [1.54, 1.807) is 6.20 Å². The van der Waals surface area contributed by atoms with Crippen LogP contribution in [0.5, 0.6) is 0 Å². The number of halogens is 3. The van der Waals surface area contributed by atoms with Gasteiger partial charge in [-0.1, -0.05) is 6.07 Å². The third kappa shape index (κ3) is 4.74. The molecule has 8 rings (SSSR count). The average molecular weight is 544 g/mol. The molecule has 2 aromatic rings. The van der Waals surface area contributed by atoms with E-state index in [0.717, 1.165) is 42.0 Å². The van der Waals surface area contributed by atoms with E-state index in [1.807, 2.05) is 23.1 Å². The molecule has 5 atom stereocenters. The first-order valence-electron chi connectivity index (χ1n) is 13.8. The first-order chi connectivity index (χ1) is 18.8. The molecule has 0 radical (unpaired) electrons. The van der Waals surface area contributed by atoms with Gasteiger partial charge in [0.05, 0.1) is 56.4 Å². The SMILES string of the molecule is O=C(C1C[C@H]2COC[C@@H](C1)N2CC(F)(F)F)N1Cc2cccnc2Nc2ccc(N3C[C@H]4CCC3CO4)cc21. The number of ether oxygens (including phenoxy) is 2. The van der Waals surface area contributed by atoms with Gasteiger partial charge in [0, 0.05) is 42.0 Å². The number of nitrogens with one attached hydrogen (secondary N) is 1. The van der Waals surface area contributed by atoms with E-state index in [0.29, 0.717) is 37.9 Å². The van der Waals surface area contributed by atoms with Crippen LogP contribution < -0.4 is 15.1 Å². The fourth-order valence-electron chi connectivity index (χ4n) is 7.03. The van der Waals surface area contributed by atoms with E-state index < -0.39 is 24.8 Å². The molecule has 4 bridgehead atoms. The zero-order valence-electron chi connectivity index (χ0n) is 21.6. The van der Waals surface area contributed by atoms with Crippen molar-refractivity contribution in [3.8, 4) is 0 Å². The first kappa shape index (κ1) is 25.1. The molecule has 5 fully saturated rings. The van der Waals surface area contributed by atoms with Gasteiger partial charge in [0.2, 0.25) is 5.91 Å². The minimum atomic E-state index is -4.29. The van der Waals surface area contributed by atoms with E-state index in [4.69, 9.17) is 9.47 Å². The van der Waals surface area contributed by atoms with Gasteiger partial charge in [-0.25, -0.2) is 4.98 Å². The van der Waals surface area contributed by atoms with Crippen molar-refractivity contribution in [3.63, 3.8) is 0 Å². The molecule has 1 aromatic carbocycles. The maximum absolute atomic E-state index is 14.3. The van der Waals surface area contributed by atoms with Crippen LogP contribution in [0.25, 0.3) is 0 Å². The van der Waals surface area contributed by atoms with Crippen molar-refractivity contribution in [2.24, 2.45) is 5.92 Å². The normalized spacial score (nSPS) is 30.3. The molecule has 2 unspecified atom stereocenters. The Hall–Kier alpha value is -2.89. The van der Waals surface area contributed by atoms with Crippen molar-refractivity contribution in [2.45, 2.75) is 62.6 Å². The quantitative estimate of drug-likeness (QED) is 0.626. The lowest BCUT2D eigenvalue weighted by atomic mass is 9.83. The fourth-order valence-corrected chi connectivity index (χ4v) is 7.03. The molecule has 0 saturated carbocycles. The summed E-state index contributed by atoms with van der Waals surface area (Å²) in [7, 11) is 0. The number of benzene rings is 1. The second-order valence-corrected chi connectivity index (χ2v) is 11.4. The van der Waals surface area contributed by atoms with Crippen molar-refractivity contribution >= 4 is 28.8 Å². The highest BCUT2D eigenvalue weighted by atomic mass is 19.4. The molecule has 0 aliphatic carbocycles. The summed E-state index contributed by atoms with van der Waals surface area (Å²) in [5.74, 6) is 0.263. The second kappa shape index (κ2) is 9.64.